The number of anilines is 3. The molecule has 0 radical (unpaired) electrons. The van der Waals surface area contributed by atoms with Gasteiger partial charge < -0.3 is 15.4 Å². The molecule has 2 N–H and O–H groups in total. The van der Waals surface area contributed by atoms with Gasteiger partial charge in [-0.05, 0) is 25.5 Å². The Labute approximate surface area is 123 Å². The van der Waals surface area contributed by atoms with Crippen molar-refractivity contribution in [3.8, 4) is 0 Å². The second kappa shape index (κ2) is 7.54. The number of rotatable bonds is 7. The highest BCUT2D eigenvalue weighted by molar-refractivity contribution is 5.58. The lowest BCUT2D eigenvalue weighted by molar-refractivity contribution is 0.197. The maximum Gasteiger partial charge on any atom is 0.224 e. The van der Waals surface area contributed by atoms with Crippen LogP contribution in [0.5, 0.6) is 0 Å². The second-order valence-corrected chi connectivity index (χ2v) is 4.60. The van der Waals surface area contributed by atoms with E-state index in [-0.39, 0.29) is 5.82 Å². The fourth-order valence-corrected chi connectivity index (χ4v) is 1.83. The Balaban J connectivity index is 2.06. The number of benzene rings is 1. The second-order valence-electron chi connectivity index (χ2n) is 4.60. The molecule has 0 saturated heterocycles. The van der Waals surface area contributed by atoms with Gasteiger partial charge in [0.05, 0.1) is 5.69 Å². The Hall–Kier alpha value is -2.21. The molecule has 0 saturated carbocycles. The van der Waals surface area contributed by atoms with Gasteiger partial charge in [-0.25, -0.2) is 9.37 Å². The largest absolute Gasteiger partial charge is 0.385 e. The summed E-state index contributed by atoms with van der Waals surface area (Å²) in [6.07, 6.45) is 0.865. The Morgan fingerprint density at radius 1 is 1.24 bits per heavy atom. The van der Waals surface area contributed by atoms with Gasteiger partial charge in [0.1, 0.15) is 11.6 Å². The first-order chi connectivity index (χ1) is 10.2. The summed E-state index contributed by atoms with van der Waals surface area (Å²) in [5.74, 6) is 0.759. The fraction of sp³-hybridized carbons (Fsp3) is 0.333. The molecule has 0 aliphatic rings. The van der Waals surface area contributed by atoms with Crippen LogP contribution in [0.3, 0.4) is 0 Å². The van der Waals surface area contributed by atoms with Crippen LogP contribution in [0.25, 0.3) is 0 Å². The highest BCUT2D eigenvalue weighted by Gasteiger charge is 2.05. The number of hydrogen-bond acceptors (Lipinski definition) is 5. The molecular weight excluding hydrogens is 271 g/mol. The first kappa shape index (κ1) is 15.2. The predicted octanol–water partition coefficient (Wildman–Crippen LogP) is 3.12. The Morgan fingerprint density at radius 3 is 2.81 bits per heavy atom. The summed E-state index contributed by atoms with van der Waals surface area (Å²) in [5.41, 5.74) is 1.19. The molecule has 0 atom stereocenters. The monoisotopic (exact) mass is 290 g/mol. The zero-order chi connectivity index (χ0) is 15.1. The van der Waals surface area contributed by atoms with Crippen LogP contribution < -0.4 is 10.6 Å². The van der Waals surface area contributed by atoms with Gasteiger partial charge in [-0.1, -0.05) is 12.1 Å². The molecule has 1 aromatic carbocycles. The highest BCUT2D eigenvalue weighted by Crippen LogP contribution is 2.19. The quantitative estimate of drug-likeness (QED) is 0.767. The number of aryl methyl sites for hydroxylation is 1. The molecule has 1 aromatic heterocycles. The van der Waals surface area contributed by atoms with E-state index in [0.717, 1.165) is 18.7 Å². The van der Waals surface area contributed by atoms with Crippen molar-refractivity contribution in [3.05, 3.63) is 41.8 Å². The third-order valence-corrected chi connectivity index (χ3v) is 2.80. The number of nitrogens with zero attached hydrogens (tertiary/aromatic N) is 2. The minimum absolute atomic E-state index is 0.316. The number of methoxy groups -OCH3 is 1. The molecule has 2 rings (SSSR count). The predicted molar refractivity (Wildman–Crippen MR) is 81.4 cm³/mol. The average Bonchev–Trinajstić information content (AvgIpc) is 2.46. The van der Waals surface area contributed by atoms with Crippen molar-refractivity contribution in [2.45, 2.75) is 13.3 Å². The van der Waals surface area contributed by atoms with Gasteiger partial charge in [0, 0.05) is 32.0 Å². The summed E-state index contributed by atoms with van der Waals surface area (Å²) in [6.45, 7) is 3.27. The summed E-state index contributed by atoms with van der Waals surface area (Å²) in [6, 6.07) is 8.25. The van der Waals surface area contributed by atoms with Crippen LogP contribution in [-0.4, -0.2) is 30.2 Å². The molecule has 0 aliphatic heterocycles. The van der Waals surface area contributed by atoms with E-state index in [4.69, 9.17) is 4.74 Å². The minimum Gasteiger partial charge on any atom is -0.385 e. The summed E-state index contributed by atoms with van der Waals surface area (Å²) in [7, 11) is 1.67. The Morgan fingerprint density at radius 2 is 2.05 bits per heavy atom. The minimum atomic E-state index is -0.316. The molecule has 0 amide bonds. The number of nitrogens with one attached hydrogen (secondary N) is 2. The molecule has 21 heavy (non-hydrogen) atoms. The van der Waals surface area contributed by atoms with E-state index >= 15 is 0 Å². The molecule has 0 bridgehead atoms. The number of ether oxygens (including phenoxy) is 1. The molecule has 1 heterocycles. The summed E-state index contributed by atoms with van der Waals surface area (Å²) in [4.78, 5) is 8.63. The van der Waals surface area contributed by atoms with E-state index in [1.165, 1.54) is 6.07 Å². The van der Waals surface area contributed by atoms with Crippen LogP contribution in [0.2, 0.25) is 0 Å². The molecule has 6 heteroatoms. The van der Waals surface area contributed by atoms with Crippen LogP contribution in [0, 0.1) is 12.7 Å². The van der Waals surface area contributed by atoms with Gasteiger partial charge in [0.2, 0.25) is 5.95 Å². The van der Waals surface area contributed by atoms with E-state index in [2.05, 4.69) is 20.6 Å². The van der Waals surface area contributed by atoms with E-state index in [1.54, 1.807) is 31.4 Å². The van der Waals surface area contributed by atoms with Crippen molar-refractivity contribution in [2.75, 3.05) is 30.9 Å². The topological polar surface area (TPSA) is 59.1 Å². The lowest BCUT2D eigenvalue weighted by Gasteiger charge is -2.10. The lowest BCUT2D eigenvalue weighted by atomic mass is 10.3. The van der Waals surface area contributed by atoms with Crippen molar-refractivity contribution < 1.29 is 9.13 Å². The summed E-state index contributed by atoms with van der Waals surface area (Å²) >= 11 is 0. The molecule has 5 nitrogen and oxygen atoms in total. The molecule has 112 valence electrons. The molecule has 0 unspecified atom stereocenters. The average molecular weight is 290 g/mol. The van der Waals surface area contributed by atoms with Crippen LogP contribution in [0.4, 0.5) is 21.8 Å². The van der Waals surface area contributed by atoms with E-state index in [9.17, 15) is 4.39 Å². The number of halogens is 1. The van der Waals surface area contributed by atoms with Crippen LogP contribution in [0.15, 0.2) is 30.3 Å². The van der Waals surface area contributed by atoms with Crippen LogP contribution in [0.1, 0.15) is 12.1 Å². The first-order valence-corrected chi connectivity index (χ1v) is 6.79. The van der Waals surface area contributed by atoms with Gasteiger partial charge >= 0.3 is 0 Å². The van der Waals surface area contributed by atoms with Gasteiger partial charge in [0.15, 0.2) is 0 Å². The molecule has 0 aliphatic carbocycles. The lowest BCUT2D eigenvalue weighted by Crippen LogP contribution is -2.09. The number of hydrogen-bond donors (Lipinski definition) is 2. The van der Waals surface area contributed by atoms with Gasteiger partial charge in [-0.2, -0.15) is 4.98 Å². The third-order valence-electron chi connectivity index (χ3n) is 2.80. The zero-order valence-electron chi connectivity index (χ0n) is 12.2. The third kappa shape index (κ3) is 4.68. The Kier molecular flexibility index (Phi) is 5.45. The van der Waals surface area contributed by atoms with Crippen molar-refractivity contribution in [1.82, 2.24) is 9.97 Å². The summed E-state index contributed by atoms with van der Waals surface area (Å²) < 4.78 is 18.6. The van der Waals surface area contributed by atoms with Crippen LogP contribution >= 0.6 is 0 Å². The smallest absolute Gasteiger partial charge is 0.224 e. The van der Waals surface area contributed by atoms with Gasteiger partial charge in [-0.3, -0.25) is 0 Å². The van der Waals surface area contributed by atoms with E-state index in [1.807, 2.05) is 6.92 Å². The maximum absolute atomic E-state index is 13.6. The van der Waals surface area contributed by atoms with Crippen molar-refractivity contribution in [1.29, 1.82) is 0 Å². The van der Waals surface area contributed by atoms with E-state index < -0.39 is 0 Å². The molecule has 2 aromatic rings. The van der Waals surface area contributed by atoms with Crippen LogP contribution in [-0.2, 0) is 4.74 Å². The maximum atomic E-state index is 13.6. The Bertz CT molecular complexity index is 592. The number of aromatic nitrogens is 2. The SMILES string of the molecule is COCCCNc1nc(C)cc(Nc2ccccc2F)n1. The van der Waals surface area contributed by atoms with Gasteiger partial charge in [0.25, 0.3) is 0 Å². The highest BCUT2D eigenvalue weighted by atomic mass is 19.1. The van der Waals surface area contributed by atoms with Crippen molar-refractivity contribution in [2.24, 2.45) is 0 Å². The molecule has 0 fully saturated rings. The summed E-state index contributed by atoms with van der Waals surface area (Å²) in [5, 5.41) is 6.09. The van der Waals surface area contributed by atoms with Crippen molar-refractivity contribution >= 4 is 17.5 Å². The first-order valence-electron chi connectivity index (χ1n) is 6.79. The number of para-hydroxylation sites is 1. The van der Waals surface area contributed by atoms with E-state index in [0.29, 0.717) is 24.1 Å². The standard InChI is InChI=1S/C15H19FN4O/c1-11-10-14(19-13-7-4-3-6-12(13)16)20-15(18-11)17-8-5-9-21-2/h3-4,6-7,10H,5,8-9H2,1-2H3,(H2,17,18,19,20). The zero-order valence-corrected chi connectivity index (χ0v) is 12.2. The molecule has 0 spiro atoms. The fourth-order valence-electron chi connectivity index (χ4n) is 1.83. The van der Waals surface area contributed by atoms with Gasteiger partial charge in [-0.15, -0.1) is 0 Å². The van der Waals surface area contributed by atoms with Crippen molar-refractivity contribution in [3.63, 3.8) is 0 Å². The molecular formula is C15H19FN4O. The normalized spacial score (nSPS) is 10.4.